The predicted octanol–water partition coefficient (Wildman–Crippen LogP) is -0.474. The zero-order valence-electron chi connectivity index (χ0n) is 5.72. The molecule has 66 valence electrons. The summed E-state index contributed by atoms with van der Waals surface area (Å²) in [6.45, 7) is 0.696. The fraction of sp³-hybridized carbons (Fsp3) is 0.750. The molecule has 0 aromatic carbocycles. The quantitative estimate of drug-likeness (QED) is 0.572. The van der Waals surface area contributed by atoms with Gasteiger partial charge in [-0.05, 0) is 6.92 Å². The molecule has 0 aliphatic carbocycles. The summed E-state index contributed by atoms with van der Waals surface area (Å²) in [4.78, 5) is 10.1. The second-order valence-corrected chi connectivity index (χ2v) is 3.04. The van der Waals surface area contributed by atoms with Crippen molar-refractivity contribution in [3.63, 3.8) is 0 Å². The van der Waals surface area contributed by atoms with Crippen LogP contribution in [-0.2, 0) is 19.4 Å². The molecule has 11 heavy (non-hydrogen) atoms. The molecular formula is C4H8O6S. The smallest absolute Gasteiger partial charge is 0.397 e. The Bertz CT molecular complexity index is 229. The van der Waals surface area contributed by atoms with Crippen LogP contribution in [0.4, 0.5) is 0 Å². The molecule has 7 heteroatoms. The van der Waals surface area contributed by atoms with Gasteiger partial charge in [0.1, 0.15) is 0 Å². The zero-order chi connectivity index (χ0) is 9.07. The van der Waals surface area contributed by atoms with Crippen molar-refractivity contribution in [2.45, 2.75) is 6.92 Å². The predicted molar refractivity (Wildman–Crippen MR) is 34.3 cm³/mol. The SMILES string of the molecule is CC(COS(=O)(=O)O)C(=O)O. The lowest BCUT2D eigenvalue weighted by molar-refractivity contribution is -0.142. The van der Waals surface area contributed by atoms with Crippen molar-refractivity contribution in [2.24, 2.45) is 5.92 Å². The Morgan fingerprint density at radius 2 is 2.09 bits per heavy atom. The first-order valence-corrected chi connectivity index (χ1v) is 4.04. The van der Waals surface area contributed by atoms with Crippen LogP contribution >= 0.6 is 0 Å². The number of rotatable bonds is 4. The van der Waals surface area contributed by atoms with Crippen molar-refractivity contribution in [1.29, 1.82) is 0 Å². The summed E-state index contributed by atoms with van der Waals surface area (Å²) >= 11 is 0. The van der Waals surface area contributed by atoms with Gasteiger partial charge in [-0.1, -0.05) is 0 Å². The van der Waals surface area contributed by atoms with Crippen molar-refractivity contribution < 1.29 is 27.1 Å². The van der Waals surface area contributed by atoms with Crippen molar-refractivity contribution in [2.75, 3.05) is 6.61 Å². The zero-order valence-corrected chi connectivity index (χ0v) is 6.54. The van der Waals surface area contributed by atoms with E-state index in [0.29, 0.717) is 0 Å². The van der Waals surface area contributed by atoms with Crippen LogP contribution in [0, 0.1) is 5.92 Å². The van der Waals surface area contributed by atoms with E-state index in [2.05, 4.69) is 4.18 Å². The lowest BCUT2D eigenvalue weighted by atomic mass is 10.2. The lowest BCUT2D eigenvalue weighted by Gasteiger charge is -2.02. The largest absolute Gasteiger partial charge is 0.481 e. The Morgan fingerprint density at radius 1 is 1.64 bits per heavy atom. The summed E-state index contributed by atoms with van der Waals surface area (Å²) in [6.07, 6.45) is 0. The van der Waals surface area contributed by atoms with Crippen molar-refractivity contribution in [3.8, 4) is 0 Å². The summed E-state index contributed by atoms with van der Waals surface area (Å²) in [5.41, 5.74) is 0. The molecule has 0 rings (SSSR count). The number of hydrogen-bond donors (Lipinski definition) is 2. The van der Waals surface area contributed by atoms with Gasteiger partial charge in [0.05, 0.1) is 12.5 Å². The molecule has 1 atom stereocenters. The molecule has 0 amide bonds. The minimum atomic E-state index is -4.52. The van der Waals surface area contributed by atoms with Gasteiger partial charge in [-0.2, -0.15) is 8.42 Å². The molecule has 0 saturated heterocycles. The van der Waals surface area contributed by atoms with Crippen LogP contribution in [0.1, 0.15) is 6.92 Å². The summed E-state index contributed by atoms with van der Waals surface area (Å²) in [7, 11) is -4.52. The van der Waals surface area contributed by atoms with Crippen LogP contribution in [0.2, 0.25) is 0 Å². The van der Waals surface area contributed by atoms with Crippen LogP contribution in [0.5, 0.6) is 0 Å². The van der Waals surface area contributed by atoms with E-state index in [1.54, 1.807) is 0 Å². The van der Waals surface area contributed by atoms with Gasteiger partial charge in [0, 0.05) is 0 Å². The molecule has 2 N–H and O–H groups in total. The van der Waals surface area contributed by atoms with E-state index in [1.807, 2.05) is 0 Å². The van der Waals surface area contributed by atoms with Crippen LogP contribution < -0.4 is 0 Å². The summed E-state index contributed by atoms with van der Waals surface area (Å²) in [5, 5.41) is 8.22. The van der Waals surface area contributed by atoms with Crippen molar-refractivity contribution in [3.05, 3.63) is 0 Å². The third kappa shape index (κ3) is 5.77. The highest BCUT2D eigenvalue weighted by Crippen LogP contribution is 1.97. The molecule has 0 aliphatic heterocycles. The molecule has 0 aromatic heterocycles. The molecule has 1 unspecified atom stereocenters. The van der Waals surface area contributed by atoms with Crippen LogP contribution in [0.15, 0.2) is 0 Å². The first-order chi connectivity index (χ1) is 4.83. The second kappa shape index (κ2) is 3.65. The molecule has 0 aliphatic rings. The van der Waals surface area contributed by atoms with Crippen LogP contribution in [0.3, 0.4) is 0 Å². The summed E-state index contributed by atoms with van der Waals surface area (Å²) in [6, 6.07) is 0. The standard InChI is InChI=1S/C4H8O6S/c1-3(4(5)6)2-10-11(7,8)9/h3H,2H2,1H3,(H,5,6)(H,7,8,9). The normalized spacial score (nSPS) is 14.4. The Hall–Kier alpha value is -0.660. The van der Waals surface area contributed by atoms with Gasteiger partial charge in [-0.3, -0.25) is 9.35 Å². The maximum atomic E-state index is 10.1. The van der Waals surface area contributed by atoms with Gasteiger partial charge < -0.3 is 5.11 Å². The van der Waals surface area contributed by atoms with E-state index < -0.39 is 28.9 Å². The highest BCUT2D eigenvalue weighted by Gasteiger charge is 2.14. The fourth-order valence-corrected chi connectivity index (χ4v) is 0.635. The maximum absolute atomic E-state index is 10.1. The van der Waals surface area contributed by atoms with Crippen molar-refractivity contribution in [1.82, 2.24) is 0 Å². The van der Waals surface area contributed by atoms with E-state index in [4.69, 9.17) is 9.66 Å². The maximum Gasteiger partial charge on any atom is 0.397 e. The monoisotopic (exact) mass is 184 g/mol. The van der Waals surface area contributed by atoms with E-state index in [0.717, 1.165) is 0 Å². The van der Waals surface area contributed by atoms with E-state index in [9.17, 15) is 13.2 Å². The Balaban J connectivity index is 3.82. The van der Waals surface area contributed by atoms with Gasteiger partial charge >= 0.3 is 16.4 Å². The average molecular weight is 184 g/mol. The first-order valence-electron chi connectivity index (χ1n) is 2.67. The van der Waals surface area contributed by atoms with Crippen LogP contribution in [0.25, 0.3) is 0 Å². The molecule has 6 nitrogen and oxygen atoms in total. The highest BCUT2D eigenvalue weighted by atomic mass is 32.3. The molecular weight excluding hydrogens is 176 g/mol. The number of aliphatic carboxylic acids is 1. The molecule has 0 spiro atoms. The minimum absolute atomic E-state index is 0.561. The van der Waals surface area contributed by atoms with Crippen molar-refractivity contribution >= 4 is 16.4 Å². The molecule has 0 fully saturated rings. The van der Waals surface area contributed by atoms with Crippen LogP contribution in [-0.4, -0.2) is 30.7 Å². The highest BCUT2D eigenvalue weighted by molar-refractivity contribution is 7.80. The minimum Gasteiger partial charge on any atom is -0.481 e. The average Bonchev–Trinajstić information content (AvgIpc) is 1.80. The molecule has 0 heterocycles. The van der Waals surface area contributed by atoms with Gasteiger partial charge in [-0.25, -0.2) is 4.18 Å². The summed E-state index contributed by atoms with van der Waals surface area (Å²) in [5.74, 6) is -2.15. The molecule has 0 radical (unpaired) electrons. The number of carbonyl (C=O) groups is 1. The Labute approximate surface area is 63.7 Å². The fourth-order valence-electron chi connectivity index (χ4n) is 0.259. The van der Waals surface area contributed by atoms with Gasteiger partial charge in [0.25, 0.3) is 0 Å². The van der Waals surface area contributed by atoms with E-state index in [1.165, 1.54) is 6.92 Å². The van der Waals surface area contributed by atoms with E-state index >= 15 is 0 Å². The Morgan fingerprint density at radius 3 is 2.36 bits per heavy atom. The third-order valence-electron chi connectivity index (χ3n) is 0.889. The van der Waals surface area contributed by atoms with Gasteiger partial charge in [0.15, 0.2) is 0 Å². The number of carboxylic acids is 1. The molecule has 0 aromatic rings. The number of carboxylic acid groups (broad SMARTS) is 1. The first kappa shape index (κ1) is 10.3. The summed E-state index contributed by atoms with van der Waals surface area (Å²) < 4.78 is 31.6. The van der Waals surface area contributed by atoms with Gasteiger partial charge in [-0.15, -0.1) is 0 Å². The number of hydrogen-bond acceptors (Lipinski definition) is 4. The van der Waals surface area contributed by atoms with E-state index in [-0.39, 0.29) is 0 Å². The van der Waals surface area contributed by atoms with Gasteiger partial charge in [0.2, 0.25) is 0 Å². The topological polar surface area (TPSA) is 101 Å². The molecule has 0 bridgehead atoms. The second-order valence-electron chi connectivity index (χ2n) is 1.95. The Kier molecular flexibility index (Phi) is 3.43. The lowest BCUT2D eigenvalue weighted by Crippen LogP contribution is -2.18. The molecule has 0 saturated carbocycles. The third-order valence-corrected chi connectivity index (χ3v) is 1.32.